The molecular formula is C15H18N2O2. The lowest BCUT2D eigenvalue weighted by atomic mass is 10.2. The van der Waals surface area contributed by atoms with Crippen molar-refractivity contribution in [2.45, 2.75) is 13.0 Å². The first kappa shape index (κ1) is 13.5. The Morgan fingerprint density at radius 3 is 2.74 bits per heavy atom. The molecule has 0 amide bonds. The molecule has 0 aliphatic rings. The van der Waals surface area contributed by atoms with Gasteiger partial charge >= 0.3 is 0 Å². The van der Waals surface area contributed by atoms with Gasteiger partial charge in [0.1, 0.15) is 5.75 Å². The van der Waals surface area contributed by atoms with E-state index >= 15 is 0 Å². The first-order chi connectivity index (χ1) is 9.31. The second-order valence-corrected chi connectivity index (χ2v) is 4.23. The number of benzene rings is 1. The molecule has 19 heavy (non-hydrogen) atoms. The molecule has 1 aromatic heterocycles. The molecule has 0 fully saturated rings. The molecule has 0 aliphatic heterocycles. The Balaban J connectivity index is 2.05. The lowest BCUT2D eigenvalue weighted by Gasteiger charge is -2.07. The minimum atomic E-state index is 0.570. The SMILES string of the molecule is COCc1cccc(Oc2ccc(CCN)cn2)c1. The summed E-state index contributed by atoms with van der Waals surface area (Å²) in [6.45, 7) is 1.20. The molecule has 1 heterocycles. The van der Waals surface area contributed by atoms with Crippen LogP contribution in [-0.2, 0) is 17.8 Å². The van der Waals surface area contributed by atoms with Crippen molar-refractivity contribution in [2.24, 2.45) is 5.73 Å². The maximum Gasteiger partial charge on any atom is 0.219 e. The molecule has 0 spiro atoms. The summed E-state index contributed by atoms with van der Waals surface area (Å²) in [4.78, 5) is 4.26. The van der Waals surface area contributed by atoms with Crippen molar-refractivity contribution in [1.29, 1.82) is 0 Å². The number of aromatic nitrogens is 1. The number of nitrogens with zero attached hydrogens (tertiary/aromatic N) is 1. The molecule has 4 heteroatoms. The molecule has 1 aromatic carbocycles. The molecule has 0 unspecified atom stereocenters. The van der Waals surface area contributed by atoms with Gasteiger partial charge in [0.05, 0.1) is 6.61 Å². The molecule has 100 valence electrons. The van der Waals surface area contributed by atoms with Gasteiger partial charge in [-0.2, -0.15) is 0 Å². The Hall–Kier alpha value is -1.91. The number of methoxy groups -OCH3 is 1. The predicted octanol–water partition coefficient (Wildman–Crippen LogP) is 2.52. The molecule has 2 aromatic rings. The van der Waals surface area contributed by atoms with E-state index in [0.717, 1.165) is 23.3 Å². The van der Waals surface area contributed by atoms with Crippen molar-refractivity contribution in [2.75, 3.05) is 13.7 Å². The Kier molecular flexibility index (Phi) is 4.89. The molecular weight excluding hydrogens is 240 g/mol. The van der Waals surface area contributed by atoms with Crippen LogP contribution in [0.3, 0.4) is 0 Å². The molecule has 2 N–H and O–H groups in total. The summed E-state index contributed by atoms with van der Waals surface area (Å²) < 4.78 is 10.8. The molecule has 0 bridgehead atoms. The van der Waals surface area contributed by atoms with Crippen molar-refractivity contribution in [3.8, 4) is 11.6 Å². The molecule has 0 saturated carbocycles. The summed E-state index contributed by atoms with van der Waals surface area (Å²) in [7, 11) is 1.67. The largest absolute Gasteiger partial charge is 0.439 e. The van der Waals surface area contributed by atoms with E-state index in [-0.39, 0.29) is 0 Å². The molecule has 0 atom stereocenters. The highest BCUT2D eigenvalue weighted by Crippen LogP contribution is 2.20. The van der Waals surface area contributed by atoms with E-state index in [9.17, 15) is 0 Å². The standard InChI is InChI=1S/C15H18N2O2/c1-18-11-13-3-2-4-14(9-13)19-15-6-5-12(7-8-16)10-17-15/h2-6,9-10H,7-8,11,16H2,1H3. The lowest BCUT2D eigenvalue weighted by Crippen LogP contribution is -2.02. The van der Waals surface area contributed by atoms with Crippen LogP contribution >= 0.6 is 0 Å². The average molecular weight is 258 g/mol. The molecule has 0 aliphatic carbocycles. The summed E-state index contributed by atoms with van der Waals surface area (Å²) in [5.74, 6) is 1.34. The quantitative estimate of drug-likeness (QED) is 0.865. The van der Waals surface area contributed by atoms with Crippen LogP contribution < -0.4 is 10.5 Å². The van der Waals surface area contributed by atoms with Gasteiger partial charge in [0.25, 0.3) is 0 Å². The molecule has 0 saturated heterocycles. The van der Waals surface area contributed by atoms with Crippen molar-refractivity contribution in [3.05, 3.63) is 53.7 Å². The fraction of sp³-hybridized carbons (Fsp3) is 0.267. The van der Waals surface area contributed by atoms with Gasteiger partial charge in [0.2, 0.25) is 5.88 Å². The summed E-state index contributed by atoms with van der Waals surface area (Å²) in [5, 5.41) is 0. The van der Waals surface area contributed by atoms with Crippen LogP contribution in [0.1, 0.15) is 11.1 Å². The fourth-order valence-electron chi connectivity index (χ4n) is 1.77. The van der Waals surface area contributed by atoms with Crippen LogP contribution in [0.5, 0.6) is 11.6 Å². The third-order valence-corrected chi connectivity index (χ3v) is 2.66. The molecule has 0 radical (unpaired) electrons. The highest BCUT2D eigenvalue weighted by molar-refractivity contribution is 5.31. The van der Waals surface area contributed by atoms with Gasteiger partial charge in [-0.1, -0.05) is 18.2 Å². The maximum atomic E-state index is 5.70. The van der Waals surface area contributed by atoms with Crippen LogP contribution in [0.15, 0.2) is 42.6 Å². The van der Waals surface area contributed by atoms with Crippen molar-refractivity contribution >= 4 is 0 Å². The van der Waals surface area contributed by atoms with Crippen molar-refractivity contribution in [3.63, 3.8) is 0 Å². The van der Waals surface area contributed by atoms with Crippen molar-refractivity contribution < 1.29 is 9.47 Å². The Morgan fingerprint density at radius 2 is 2.05 bits per heavy atom. The van der Waals surface area contributed by atoms with Crippen LogP contribution in [0.25, 0.3) is 0 Å². The summed E-state index contributed by atoms with van der Waals surface area (Å²) >= 11 is 0. The van der Waals surface area contributed by atoms with E-state index in [4.69, 9.17) is 15.2 Å². The van der Waals surface area contributed by atoms with Crippen molar-refractivity contribution in [1.82, 2.24) is 4.98 Å². The zero-order chi connectivity index (χ0) is 13.5. The van der Waals surface area contributed by atoms with Gasteiger partial charge in [-0.05, 0) is 36.2 Å². The number of hydrogen-bond donors (Lipinski definition) is 1. The highest BCUT2D eigenvalue weighted by Gasteiger charge is 2.01. The second-order valence-electron chi connectivity index (χ2n) is 4.23. The van der Waals surface area contributed by atoms with E-state index in [2.05, 4.69) is 4.98 Å². The number of rotatable bonds is 6. The Labute approximate surface area is 113 Å². The zero-order valence-corrected chi connectivity index (χ0v) is 11.0. The van der Waals surface area contributed by atoms with Crippen LogP contribution in [0, 0.1) is 0 Å². The first-order valence-electron chi connectivity index (χ1n) is 6.22. The first-order valence-corrected chi connectivity index (χ1v) is 6.22. The number of ether oxygens (including phenoxy) is 2. The zero-order valence-electron chi connectivity index (χ0n) is 11.0. The summed E-state index contributed by atoms with van der Waals surface area (Å²) in [6, 6.07) is 11.6. The van der Waals surface area contributed by atoms with Gasteiger partial charge in [-0.15, -0.1) is 0 Å². The van der Waals surface area contributed by atoms with Crippen LogP contribution in [0.4, 0.5) is 0 Å². The van der Waals surface area contributed by atoms with Crippen LogP contribution in [0.2, 0.25) is 0 Å². The number of hydrogen-bond acceptors (Lipinski definition) is 4. The van der Waals surface area contributed by atoms with E-state index < -0.39 is 0 Å². The number of pyridine rings is 1. The van der Waals surface area contributed by atoms with Gasteiger partial charge in [-0.3, -0.25) is 0 Å². The fourth-order valence-corrected chi connectivity index (χ4v) is 1.77. The Morgan fingerprint density at radius 1 is 1.16 bits per heavy atom. The minimum absolute atomic E-state index is 0.570. The maximum absolute atomic E-state index is 5.70. The van der Waals surface area contributed by atoms with E-state index in [0.29, 0.717) is 19.0 Å². The van der Waals surface area contributed by atoms with Gasteiger partial charge < -0.3 is 15.2 Å². The summed E-state index contributed by atoms with van der Waals surface area (Å²) in [6.07, 6.45) is 2.62. The van der Waals surface area contributed by atoms with Gasteiger partial charge in [-0.25, -0.2) is 4.98 Å². The second kappa shape index (κ2) is 6.87. The van der Waals surface area contributed by atoms with Gasteiger partial charge in [0.15, 0.2) is 0 Å². The normalized spacial score (nSPS) is 10.4. The third-order valence-electron chi connectivity index (χ3n) is 2.66. The Bertz CT molecular complexity index is 512. The lowest BCUT2D eigenvalue weighted by molar-refractivity contribution is 0.184. The topological polar surface area (TPSA) is 57.4 Å². The van der Waals surface area contributed by atoms with Crippen LogP contribution in [-0.4, -0.2) is 18.6 Å². The van der Waals surface area contributed by atoms with Gasteiger partial charge in [0, 0.05) is 19.4 Å². The minimum Gasteiger partial charge on any atom is -0.439 e. The monoisotopic (exact) mass is 258 g/mol. The number of nitrogens with two attached hydrogens (primary N) is 1. The molecule has 2 rings (SSSR count). The predicted molar refractivity (Wildman–Crippen MR) is 74.2 cm³/mol. The third kappa shape index (κ3) is 4.05. The smallest absolute Gasteiger partial charge is 0.219 e. The average Bonchev–Trinajstić information content (AvgIpc) is 2.42. The highest BCUT2D eigenvalue weighted by atomic mass is 16.5. The van der Waals surface area contributed by atoms with E-state index in [1.807, 2.05) is 36.4 Å². The van der Waals surface area contributed by atoms with E-state index in [1.54, 1.807) is 13.3 Å². The summed E-state index contributed by atoms with van der Waals surface area (Å²) in [5.41, 5.74) is 7.68. The van der Waals surface area contributed by atoms with E-state index in [1.165, 1.54) is 0 Å². The molecule has 4 nitrogen and oxygen atoms in total.